The van der Waals surface area contributed by atoms with Crippen LogP contribution >= 0.6 is 0 Å². The van der Waals surface area contributed by atoms with Crippen LogP contribution in [0.3, 0.4) is 0 Å². The fourth-order valence-corrected chi connectivity index (χ4v) is 1.88. The van der Waals surface area contributed by atoms with Gasteiger partial charge in [-0.15, -0.1) is 0 Å². The highest BCUT2D eigenvalue weighted by atomic mass is 16.3. The van der Waals surface area contributed by atoms with E-state index < -0.39 is 0 Å². The Labute approximate surface area is 93.6 Å². The first kappa shape index (κ1) is 10.7. The maximum Gasteiger partial charge on any atom is 0.289 e. The summed E-state index contributed by atoms with van der Waals surface area (Å²) in [4.78, 5) is 26.7. The van der Waals surface area contributed by atoms with Gasteiger partial charge in [-0.2, -0.15) is 0 Å². The SMILES string of the molecule is CN1CCC(N(C)C(=O)c2ccco2)C1=O. The summed E-state index contributed by atoms with van der Waals surface area (Å²) in [6, 6.07) is 2.90. The maximum absolute atomic E-state index is 11.9. The van der Waals surface area contributed by atoms with E-state index in [9.17, 15) is 9.59 Å². The van der Waals surface area contributed by atoms with Gasteiger partial charge in [0.2, 0.25) is 5.91 Å². The quantitative estimate of drug-likeness (QED) is 0.735. The Morgan fingerprint density at radius 1 is 1.62 bits per heavy atom. The van der Waals surface area contributed by atoms with Crippen LogP contribution in [-0.2, 0) is 4.79 Å². The number of hydrogen-bond acceptors (Lipinski definition) is 3. The summed E-state index contributed by atoms with van der Waals surface area (Å²) in [7, 11) is 3.38. The van der Waals surface area contributed by atoms with Crippen LogP contribution < -0.4 is 0 Å². The largest absolute Gasteiger partial charge is 0.459 e. The second-order valence-corrected chi connectivity index (χ2v) is 3.96. The smallest absolute Gasteiger partial charge is 0.289 e. The number of carbonyl (C=O) groups excluding carboxylic acids is 2. The summed E-state index contributed by atoms with van der Waals surface area (Å²) in [5.41, 5.74) is 0. The van der Waals surface area contributed by atoms with Crippen molar-refractivity contribution in [2.24, 2.45) is 0 Å². The lowest BCUT2D eigenvalue weighted by Crippen LogP contribution is -2.42. The average molecular weight is 222 g/mol. The van der Waals surface area contributed by atoms with E-state index in [2.05, 4.69) is 0 Å². The lowest BCUT2D eigenvalue weighted by atomic mass is 10.2. The van der Waals surface area contributed by atoms with Gasteiger partial charge in [0.25, 0.3) is 5.91 Å². The van der Waals surface area contributed by atoms with Crippen LogP contribution in [0.2, 0.25) is 0 Å². The van der Waals surface area contributed by atoms with Crippen LogP contribution in [0.4, 0.5) is 0 Å². The highest BCUT2D eigenvalue weighted by molar-refractivity contribution is 5.95. The molecule has 5 heteroatoms. The van der Waals surface area contributed by atoms with Crippen LogP contribution in [0.5, 0.6) is 0 Å². The van der Waals surface area contributed by atoms with Crippen molar-refractivity contribution in [1.82, 2.24) is 9.80 Å². The Bertz CT molecular complexity index is 399. The van der Waals surface area contributed by atoms with E-state index in [0.29, 0.717) is 13.0 Å². The van der Waals surface area contributed by atoms with Gasteiger partial charge in [0.1, 0.15) is 6.04 Å². The van der Waals surface area contributed by atoms with Gasteiger partial charge < -0.3 is 14.2 Å². The molecule has 2 heterocycles. The van der Waals surface area contributed by atoms with Crippen molar-refractivity contribution in [3.05, 3.63) is 24.2 Å². The van der Waals surface area contributed by atoms with Gasteiger partial charge in [0.15, 0.2) is 5.76 Å². The van der Waals surface area contributed by atoms with Crippen molar-refractivity contribution >= 4 is 11.8 Å². The molecular weight excluding hydrogens is 208 g/mol. The first-order valence-electron chi connectivity index (χ1n) is 5.17. The predicted molar refractivity (Wildman–Crippen MR) is 56.8 cm³/mol. The molecule has 1 aromatic heterocycles. The number of carbonyl (C=O) groups is 2. The first-order chi connectivity index (χ1) is 7.61. The normalized spacial score (nSPS) is 20.2. The van der Waals surface area contributed by atoms with Crippen LogP contribution in [-0.4, -0.2) is 48.3 Å². The third kappa shape index (κ3) is 1.68. The molecule has 0 radical (unpaired) electrons. The molecule has 0 aliphatic carbocycles. The Morgan fingerprint density at radius 3 is 2.88 bits per heavy atom. The Balaban J connectivity index is 2.11. The fraction of sp³-hybridized carbons (Fsp3) is 0.455. The maximum atomic E-state index is 11.9. The van der Waals surface area contributed by atoms with Gasteiger partial charge in [-0.05, 0) is 18.6 Å². The van der Waals surface area contributed by atoms with E-state index in [1.807, 2.05) is 0 Å². The zero-order valence-corrected chi connectivity index (χ0v) is 9.34. The molecule has 1 aliphatic heterocycles. The second-order valence-electron chi connectivity index (χ2n) is 3.96. The molecule has 0 spiro atoms. The van der Waals surface area contributed by atoms with Gasteiger partial charge in [-0.25, -0.2) is 0 Å². The van der Waals surface area contributed by atoms with E-state index in [1.54, 1.807) is 31.1 Å². The van der Waals surface area contributed by atoms with E-state index >= 15 is 0 Å². The van der Waals surface area contributed by atoms with Crippen molar-refractivity contribution in [1.29, 1.82) is 0 Å². The van der Waals surface area contributed by atoms with Crippen LogP contribution in [0.1, 0.15) is 17.0 Å². The number of likely N-dealkylation sites (tertiary alicyclic amines) is 1. The van der Waals surface area contributed by atoms with Gasteiger partial charge in [-0.3, -0.25) is 9.59 Å². The third-order valence-corrected chi connectivity index (χ3v) is 2.92. The van der Waals surface area contributed by atoms with Gasteiger partial charge in [0, 0.05) is 20.6 Å². The molecule has 0 saturated carbocycles. The third-order valence-electron chi connectivity index (χ3n) is 2.92. The van der Waals surface area contributed by atoms with Crippen molar-refractivity contribution in [3.63, 3.8) is 0 Å². The van der Waals surface area contributed by atoms with Gasteiger partial charge in [0.05, 0.1) is 6.26 Å². The predicted octanol–water partition coefficient (Wildman–Crippen LogP) is 0.582. The number of rotatable bonds is 2. The molecule has 0 aromatic carbocycles. The molecule has 2 amide bonds. The number of amides is 2. The minimum Gasteiger partial charge on any atom is -0.459 e. The summed E-state index contributed by atoms with van der Waals surface area (Å²) in [6.07, 6.45) is 2.13. The molecule has 16 heavy (non-hydrogen) atoms. The minimum absolute atomic E-state index is 0.0117. The number of hydrogen-bond donors (Lipinski definition) is 0. The Morgan fingerprint density at radius 2 is 2.38 bits per heavy atom. The van der Waals surface area contributed by atoms with Crippen LogP contribution in [0.25, 0.3) is 0 Å². The van der Waals surface area contributed by atoms with Crippen molar-refractivity contribution < 1.29 is 14.0 Å². The van der Waals surface area contributed by atoms with Crippen LogP contribution in [0, 0.1) is 0 Å². The monoisotopic (exact) mass is 222 g/mol. The number of nitrogens with zero attached hydrogens (tertiary/aromatic N) is 2. The molecule has 5 nitrogen and oxygen atoms in total. The summed E-state index contributed by atoms with van der Waals surface area (Å²) < 4.78 is 5.02. The molecule has 0 bridgehead atoms. The van der Waals surface area contributed by atoms with E-state index in [0.717, 1.165) is 0 Å². The van der Waals surface area contributed by atoms with Gasteiger partial charge in [-0.1, -0.05) is 0 Å². The summed E-state index contributed by atoms with van der Waals surface area (Å²) in [5, 5.41) is 0. The molecule has 1 atom stereocenters. The molecule has 2 rings (SSSR count). The lowest BCUT2D eigenvalue weighted by molar-refractivity contribution is -0.130. The fourth-order valence-electron chi connectivity index (χ4n) is 1.88. The molecule has 1 saturated heterocycles. The molecule has 1 unspecified atom stereocenters. The van der Waals surface area contributed by atoms with E-state index in [-0.39, 0.29) is 23.6 Å². The number of likely N-dealkylation sites (N-methyl/N-ethyl adjacent to an activating group) is 2. The second kappa shape index (κ2) is 4.00. The molecule has 86 valence electrons. The van der Waals surface area contributed by atoms with Gasteiger partial charge >= 0.3 is 0 Å². The minimum atomic E-state index is -0.359. The summed E-state index contributed by atoms with van der Waals surface area (Å²) in [6.45, 7) is 0.694. The summed E-state index contributed by atoms with van der Waals surface area (Å²) in [5.74, 6) is 0.00547. The topological polar surface area (TPSA) is 53.8 Å². The zero-order valence-electron chi connectivity index (χ0n) is 9.34. The molecule has 0 N–H and O–H groups in total. The van der Waals surface area contributed by atoms with Crippen molar-refractivity contribution in [2.75, 3.05) is 20.6 Å². The molecule has 1 aromatic rings. The van der Waals surface area contributed by atoms with Crippen LogP contribution in [0.15, 0.2) is 22.8 Å². The van der Waals surface area contributed by atoms with Crippen molar-refractivity contribution in [2.45, 2.75) is 12.5 Å². The molecule has 1 aliphatic rings. The molecule has 1 fully saturated rings. The lowest BCUT2D eigenvalue weighted by Gasteiger charge is -2.21. The standard InChI is InChI=1S/C11H14N2O3/c1-12-6-5-8(10(12)14)13(2)11(15)9-4-3-7-16-9/h3-4,7-8H,5-6H2,1-2H3. The highest BCUT2D eigenvalue weighted by Gasteiger charge is 2.35. The van der Waals surface area contributed by atoms with E-state index in [4.69, 9.17) is 4.42 Å². The first-order valence-corrected chi connectivity index (χ1v) is 5.17. The number of furan rings is 1. The van der Waals surface area contributed by atoms with E-state index in [1.165, 1.54) is 11.2 Å². The van der Waals surface area contributed by atoms with Crippen molar-refractivity contribution in [3.8, 4) is 0 Å². The summed E-state index contributed by atoms with van der Waals surface area (Å²) >= 11 is 0. The Hall–Kier alpha value is -1.78. The zero-order chi connectivity index (χ0) is 11.7. The average Bonchev–Trinajstić information content (AvgIpc) is 2.89. The molecular formula is C11H14N2O3. The highest BCUT2D eigenvalue weighted by Crippen LogP contribution is 2.16. The Kier molecular flexibility index (Phi) is 2.68.